The van der Waals surface area contributed by atoms with Crippen LogP contribution in [0.2, 0.25) is 0 Å². The van der Waals surface area contributed by atoms with Crippen molar-refractivity contribution in [2.75, 3.05) is 13.6 Å². The number of aliphatic carboxylic acids is 1. The van der Waals surface area contributed by atoms with Crippen LogP contribution in [-0.4, -0.2) is 52.3 Å². The fraction of sp³-hybridized carbons (Fsp3) is 0.778. The van der Waals surface area contributed by atoms with Crippen LogP contribution in [0.3, 0.4) is 0 Å². The first-order valence-corrected chi connectivity index (χ1v) is 4.81. The Morgan fingerprint density at radius 2 is 2.07 bits per heavy atom. The first-order valence-electron chi connectivity index (χ1n) is 4.81. The number of carbonyl (C=O) groups excluding carboxylic acids is 1. The van der Waals surface area contributed by atoms with E-state index in [2.05, 4.69) is 5.32 Å². The van der Waals surface area contributed by atoms with Gasteiger partial charge in [-0.2, -0.15) is 0 Å². The van der Waals surface area contributed by atoms with Crippen LogP contribution in [0.5, 0.6) is 0 Å². The van der Waals surface area contributed by atoms with Gasteiger partial charge >= 0.3 is 12.0 Å². The minimum Gasteiger partial charge on any atom is -0.479 e. The lowest BCUT2D eigenvalue weighted by Gasteiger charge is -2.22. The van der Waals surface area contributed by atoms with Crippen molar-refractivity contribution in [3.05, 3.63) is 0 Å². The highest BCUT2D eigenvalue weighted by molar-refractivity contribution is 5.79. The number of hydrogen-bond donors (Lipinski definition) is 3. The average molecular weight is 216 g/mol. The molecule has 0 saturated heterocycles. The molecule has 6 nitrogen and oxygen atoms in total. The molecule has 15 heavy (non-hydrogen) atoms. The van der Waals surface area contributed by atoms with Crippen LogP contribution in [0, 0.1) is 0 Å². The standard InChI is InChI=1S/C9H16N2O4/c1-9(15,7(12)13)5-10-8(14)11(2)6-3-4-6/h6,15H,3-5H2,1-2H3,(H,10,14)(H,12,13). The Kier molecular flexibility index (Phi) is 3.18. The number of amides is 2. The molecule has 86 valence electrons. The van der Waals surface area contributed by atoms with Gasteiger partial charge in [0.05, 0.1) is 6.54 Å². The minimum absolute atomic E-state index is 0.264. The van der Waals surface area contributed by atoms with E-state index in [-0.39, 0.29) is 18.6 Å². The van der Waals surface area contributed by atoms with Gasteiger partial charge in [0.25, 0.3) is 0 Å². The Morgan fingerprint density at radius 3 is 2.47 bits per heavy atom. The normalized spacial score (nSPS) is 19.1. The van der Waals surface area contributed by atoms with Gasteiger partial charge in [0.15, 0.2) is 5.60 Å². The highest BCUT2D eigenvalue weighted by Crippen LogP contribution is 2.25. The van der Waals surface area contributed by atoms with E-state index in [4.69, 9.17) is 5.11 Å². The molecule has 1 fully saturated rings. The van der Waals surface area contributed by atoms with Gasteiger partial charge in [-0.15, -0.1) is 0 Å². The van der Waals surface area contributed by atoms with Crippen molar-refractivity contribution in [3.63, 3.8) is 0 Å². The van der Waals surface area contributed by atoms with E-state index in [0.717, 1.165) is 19.8 Å². The molecule has 1 atom stereocenters. The highest BCUT2D eigenvalue weighted by Gasteiger charge is 2.33. The summed E-state index contributed by atoms with van der Waals surface area (Å²) in [5.74, 6) is -1.35. The summed E-state index contributed by atoms with van der Waals surface area (Å²) in [5, 5.41) is 20.3. The zero-order chi connectivity index (χ0) is 11.6. The third-order valence-electron chi connectivity index (χ3n) is 2.46. The molecule has 1 saturated carbocycles. The molecular weight excluding hydrogens is 200 g/mol. The Morgan fingerprint density at radius 1 is 1.53 bits per heavy atom. The first kappa shape index (κ1) is 11.8. The van der Waals surface area contributed by atoms with Crippen molar-refractivity contribution >= 4 is 12.0 Å². The number of carbonyl (C=O) groups is 2. The number of nitrogens with zero attached hydrogens (tertiary/aromatic N) is 1. The first-order chi connectivity index (χ1) is 6.84. The average Bonchev–Trinajstić information content (AvgIpc) is 2.96. The van der Waals surface area contributed by atoms with Crippen LogP contribution in [0.15, 0.2) is 0 Å². The third-order valence-corrected chi connectivity index (χ3v) is 2.46. The van der Waals surface area contributed by atoms with E-state index in [9.17, 15) is 14.7 Å². The van der Waals surface area contributed by atoms with Crippen LogP contribution in [-0.2, 0) is 4.79 Å². The maximum absolute atomic E-state index is 11.4. The maximum Gasteiger partial charge on any atom is 0.337 e. The Hall–Kier alpha value is -1.30. The van der Waals surface area contributed by atoms with Gasteiger partial charge in [-0.1, -0.05) is 0 Å². The molecular formula is C9H16N2O4. The third kappa shape index (κ3) is 3.09. The van der Waals surface area contributed by atoms with Crippen LogP contribution in [0.25, 0.3) is 0 Å². The number of nitrogens with one attached hydrogen (secondary N) is 1. The molecule has 1 unspecified atom stereocenters. The molecule has 0 aromatic heterocycles. The zero-order valence-electron chi connectivity index (χ0n) is 8.86. The fourth-order valence-electron chi connectivity index (χ4n) is 1.08. The summed E-state index contributed by atoms with van der Waals surface area (Å²) >= 11 is 0. The van der Waals surface area contributed by atoms with E-state index >= 15 is 0 Å². The molecule has 1 aliphatic carbocycles. The largest absolute Gasteiger partial charge is 0.479 e. The van der Waals surface area contributed by atoms with E-state index in [0.29, 0.717) is 0 Å². The van der Waals surface area contributed by atoms with Gasteiger partial charge in [-0.3, -0.25) is 0 Å². The number of aliphatic hydroxyl groups is 1. The fourth-order valence-corrected chi connectivity index (χ4v) is 1.08. The van der Waals surface area contributed by atoms with E-state index in [1.807, 2.05) is 0 Å². The summed E-state index contributed by atoms with van der Waals surface area (Å²) in [6.07, 6.45) is 1.97. The van der Waals surface area contributed by atoms with Crippen molar-refractivity contribution in [1.82, 2.24) is 10.2 Å². The molecule has 0 aromatic rings. The van der Waals surface area contributed by atoms with Gasteiger partial charge in [-0.25, -0.2) is 9.59 Å². The molecule has 0 bridgehead atoms. The monoisotopic (exact) mass is 216 g/mol. The van der Waals surface area contributed by atoms with Gasteiger partial charge in [0.2, 0.25) is 0 Å². The molecule has 2 amide bonds. The summed E-state index contributed by atoms with van der Waals surface area (Å²) in [7, 11) is 1.66. The predicted octanol–water partition coefficient (Wildman–Crippen LogP) is -0.374. The summed E-state index contributed by atoms with van der Waals surface area (Å²) in [5.41, 5.74) is -1.92. The van der Waals surface area contributed by atoms with Gasteiger partial charge < -0.3 is 20.4 Å². The molecule has 0 spiro atoms. The smallest absolute Gasteiger partial charge is 0.337 e. The van der Waals surface area contributed by atoms with E-state index in [1.165, 1.54) is 4.90 Å². The van der Waals surface area contributed by atoms with Crippen molar-refractivity contribution in [1.29, 1.82) is 0 Å². The zero-order valence-corrected chi connectivity index (χ0v) is 8.86. The van der Waals surface area contributed by atoms with Crippen LogP contribution in [0.1, 0.15) is 19.8 Å². The van der Waals surface area contributed by atoms with E-state index < -0.39 is 11.6 Å². The summed E-state index contributed by atoms with van der Waals surface area (Å²) in [6, 6.07) is -0.0844. The second kappa shape index (κ2) is 4.06. The summed E-state index contributed by atoms with van der Waals surface area (Å²) in [4.78, 5) is 23.5. The predicted molar refractivity (Wildman–Crippen MR) is 52.4 cm³/mol. The Bertz CT molecular complexity index is 273. The molecule has 1 rings (SSSR count). The van der Waals surface area contributed by atoms with Crippen molar-refractivity contribution < 1.29 is 19.8 Å². The second-order valence-corrected chi connectivity index (χ2v) is 4.08. The van der Waals surface area contributed by atoms with Crippen molar-refractivity contribution in [2.24, 2.45) is 0 Å². The second-order valence-electron chi connectivity index (χ2n) is 4.08. The number of urea groups is 1. The van der Waals surface area contributed by atoms with Gasteiger partial charge in [0, 0.05) is 13.1 Å². The number of rotatable bonds is 4. The van der Waals surface area contributed by atoms with Gasteiger partial charge in [0.1, 0.15) is 0 Å². The summed E-state index contributed by atoms with van der Waals surface area (Å²) in [6.45, 7) is 0.852. The van der Waals surface area contributed by atoms with E-state index in [1.54, 1.807) is 7.05 Å². The minimum atomic E-state index is -1.92. The quantitative estimate of drug-likeness (QED) is 0.598. The van der Waals surface area contributed by atoms with Crippen molar-refractivity contribution in [2.45, 2.75) is 31.4 Å². The van der Waals surface area contributed by atoms with Crippen LogP contribution in [0.4, 0.5) is 4.79 Å². The van der Waals surface area contributed by atoms with Gasteiger partial charge in [-0.05, 0) is 19.8 Å². The topological polar surface area (TPSA) is 89.9 Å². The lowest BCUT2D eigenvalue weighted by atomic mass is 10.1. The molecule has 0 aliphatic heterocycles. The maximum atomic E-state index is 11.4. The number of carboxylic acid groups (broad SMARTS) is 1. The van der Waals surface area contributed by atoms with Crippen LogP contribution < -0.4 is 5.32 Å². The molecule has 0 heterocycles. The molecule has 0 radical (unpaired) electrons. The van der Waals surface area contributed by atoms with Crippen molar-refractivity contribution in [3.8, 4) is 0 Å². The SMILES string of the molecule is CN(C(=O)NCC(C)(O)C(=O)O)C1CC1. The molecule has 1 aliphatic rings. The summed E-state index contributed by atoms with van der Waals surface area (Å²) < 4.78 is 0. The lowest BCUT2D eigenvalue weighted by molar-refractivity contribution is -0.155. The van der Waals surface area contributed by atoms with Crippen LogP contribution >= 0.6 is 0 Å². The highest BCUT2D eigenvalue weighted by atomic mass is 16.4. The number of carboxylic acids is 1. The molecule has 6 heteroatoms. The Balaban J connectivity index is 2.35. The number of hydrogen-bond acceptors (Lipinski definition) is 3. The molecule has 0 aromatic carbocycles. The Labute approximate surface area is 87.9 Å². The lowest BCUT2D eigenvalue weighted by Crippen LogP contribution is -2.49. The molecule has 3 N–H and O–H groups in total.